The predicted molar refractivity (Wildman–Crippen MR) is 151 cm³/mol. The molecule has 1 aliphatic heterocycles. The summed E-state index contributed by atoms with van der Waals surface area (Å²) in [6.45, 7) is 0.580. The van der Waals surface area contributed by atoms with Crippen molar-refractivity contribution in [2.45, 2.75) is 12.5 Å². The van der Waals surface area contributed by atoms with E-state index in [-0.39, 0.29) is 22.7 Å². The molecule has 1 atom stereocenters. The third-order valence-corrected chi connectivity index (χ3v) is 6.81. The van der Waals surface area contributed by atoms with E-state index >= 15 is 0 Å². The molecule has 0 saturated carbocycles. The number of nitriles is 1. The zero-order valence-electron chi connectivity index (χ0n) is 22.4. The fourth-order valence-electron chi connectivity index (χ4n) is 4.92. The van der Waals surface area contributed by atoms with Crippen LogP contribution in [0, 0.1) is 11.3 Å². The molecule has 1 aliphatic rings. The van der Waals surface area contributed by atoms with Crippen molar-refractivity contribution >= 4 is 17.6 Å². The van der Waals surface area contributed by atoms with Crippen LogP contribution in [0.4, 0.5) is 5.69 Å². The van der Waals surface area contributed by atoms with E-state index in [2.05, 4.69) is 16.3 Å². The summed E-state index contributed by atoms with van der Waals surface area (Å²) < 4.78 is 12.1. The molecule has 204 valence electrons. The summed E-state index contributed by atoms with van der Waals surface area (Å²) in [6, 6.07) is 28.0. The van der Waals surface area contributed by atoms with Crippen LogP contribution in [0.3, 0.4) is 0 Å². The first-order valence-corrected chi connectivity index (χ1v) is 12.7. The van der Waals surface area contributed by atoms with Gasteiger partial charge in [0.2, 0.25) is 0 Å². The van der Waals surface area contributed by atoms with E-state index in [1.165, 1.54) is 19.1 Å². The van der Waals surface area contributed by atoms with Crippen molar-refractivity contribution < 1.29 is 19.1 Å². The third kappa shape index (κ3) is 5.04. The number of anilines is 1. The summed E-state index contributed by atoms with van der Waals surface area (Å²) in [4.78, 5) is 27.8. The Labute approximate surface area is 236 Å². The van der Waals surface area contributed by atoms with E-state index in [1.54, 1.807) is 54.9 Å². The van der Waals surface area contributed by atoms with Crippen LogP contribution in [0.25, 0.3) is 11.4 Å². The number of carbonyl (C=O) groups excluding carboxylic acids is 2. The summed E-state index contributed by atoms with van der Waals surface area (Å²) in [6.07, 6.45) is 1.66. The molecule has 0 amide bonds. The van der Waals surface area contributed by atoms with Gasteiger partial charge in [0, 0.05) is 11.3 Å². The van der Waals surface area contributed by atoms with E-state index in [0.717, 1.165) is 11.1 Å². The molecule has 0 radical (unpaired) electrons. The number of rotatable bonds is 7. The molecule has 0 spiro atoms. The van der Waals surface area contributed by atoms with Crippen LogP contribution in [0.1, 0.15) is 17.0 Å². The number of benzene rings is 3. The Kier molecular flexibility index (Phi) is 7.60. The average Bonchev–Trinajstić information content (AvgIpc) is 3.48. The number of methoxy groups -OCH3 is 2. The van der Waals surface area contributed by atoms with Crippen molar-refractivity contribution in [2.24, 2.45) is 5.73 Å². The van der Waals surface area contributed by atoms with Crippen LogP contribution in [0.15, 0.2) is 114 Å². The molecule has 0 aliphatic carbocycles. The first-order valence-electron chi connectivity index (χ1n) is 12.7. The molecule has 5 rings (SSSR count). The Morgan fingerprint density at radius 3 is 2.17 bits per heavy atom. The summed E-state index contributed by atoms with van der Waals surface area (Å²) in [7, 11) is 2.42. The molecule has 4 aromatic rings. The number of hydrogen-bond donors (Lipinski definition) is 1. The molecule has 41 heavy (non-hydrogen) atoms. The Morgan fingerprint density at radius 2 is 1.56 bits per heavy atom. The quantitative estimate of drug-likeness (QED) is 0.342. The lowest BCUT2D eigenvalue weighted by Gasteiger charge is -2.35. The van der Waals surface area contributed by atoms with E-state index < -0.39 is 17.9 Å². The Hall–Kier alpha value is -5.69. The van der Waals surface area contributed by atoms with E-state index in [1.807, 2.05) is 41.0 Å². The average molecular weight is 547 g/mol. The van der Waals surface area contributed by atoms with Gasteiger partial charge in [-0.25, -0.2) is 9.59 Å². The third-order valence-electron chi connectivity index (χ3n) is 6.81. The van der Waals surface area contributed by atoms with Gasteiger partial charge >= 0.3 is 11.9 Å². The van der Waals surface area contributed by atoms with Crippen molar-refractivity contribution in [1.82, 2.24) is 14.8 Å². The fourth-order valence-corrected chi connectivity index (χ4v) is 4.92. The lowest BCUT2D eigenvalue weighted by atomic mass is 9.81. The van der Waals surface area contributed by atoms with Crippen molar-refractivity contribution in [2.75, 3.05) is 19.1 Å². The summed E-state index contributed by atoms with van der Waals surface area (Å²) in [5, 5.41) is 18.6. The van der Waals surface area contributed by atoms with Crippen molar-refractivity contribution in [3.05, 3.63) is 125 Å². The first kappa shape index (κ1) is 26.9. The molecule has 0 fully saturated rings. The van der Waals surface area contributed by atoms with Gasteiger partial charge in [0.15, 0.2) is 5.82 Å². The molecule has 0 saturated heterocycles. The molecule has 10 heteroatoms. The molecule has 2 heterocycles. The summed E-state index contributed by atoms with van der Waals surface area (Å²) in [5.41, 5.74) is 9.38. The minimum Gasteiger partial charge on any atom is -0.466 e. The van der Waals surface area contributed by atoms with E-state index in [9.17, 15) is 14.9 Å². The zero-order chi connectivity index (χ0) is 28.9. The minimum absolute atomic E-state index is 0.00518. The number of carbonyl (C=O) groups is 2. The van der Waals surface area contributed by atoms with Crippen LogP contribution in [0.2, 0.25) is 0 Å². The molecule has 10 nitrogen and oxygen atoms in total. The van der Waals surface area contributed by atoms with Gasteiger partial charge in [0.1, 0.15) is 17.8 Å². The largest absolute Gasteiger partial charge is 0.466 e. The van der Waals surface area contributed by atoms with E-state index in [4.69, 9.17) is 15.2 Å². The predicted octanol–water partition coefficient (Wildman–Crippen LogP) is 3.89. The van der Waals surface area contributed by atoms with Gasteiger partial charge < -0.3 is 19.8 Å². The Bertz CT molecular complexity index is 1690. The van der Waals surface area contributed by atoms with Gasteiger partial charge in [-0.15, -0.1) is 10.2 Å². The highest BCUT2D eigenvalue weighted by Gasteiger charge is 2.43. The second-order valence-corrected chi connectivity index (χ2v) is 9.15. The topological polar surface area (TPSA) is 136 Å². The monoisotopic (exact) mass is 546 g/mol. The van der Waals surface area contributed by atoms with Gasteiger partial charge in [-0.1, -0.05) is 60.7 Å². The van der Waals surface area contributed by atoms with E-state index in [0.29, 0.717) is 23.6 Å². The van der Waals surface area contributed by atoms with Gasteiger partial charge in [-0.2, -0.15) is 5.26 Å². The van der Waals surface area contributed by atoms with Crippen molar-refractivity contribution in [1.29, 1.82) is 5.26 Å². The first-order chi connectivity index (χ1) is 20.0. The van der Waals surface area contributed by atoms with Crippen LogP contribution >= 0.6 is 0 Å². The second kappa shape index (κ2) is 11.6. The number of nitrogens with two attached hydrogens (primary N) is 1. The number of hydrogen-bond acceptors (Lipinski definition) is 9. The maximum Gasteiger partial charge on any atom is 0.355 e. The highest BCUT2D eigenvalue weighted by atomic mass is 16.5. The molecule has 3 aromatic carbocycles. The Morgan fingerprint density at radius 1 is 0.927 bits per heavy atom. The highest BCUT2D eigenvalue weighted by Crippen LogP contribution is 2.43. The smallest absolute Gasteiger partial charge is 0.355 e. The summed E-state index contributed by atoms with van der Waals surface area (Å²) in [5.74, 6) is -1.89. The lowest BCUT2D eigenvalue weighted by Crippen LogP contribution is -2.40. The summed E-state index contributed by atoms with van der Waals surface area (Å²) >= 11 is 0. The fraction of sp³-hybridized carbons (Fsp3) is 0.129. The minimum atomic E-state index is -0.935. The molecule has 1 unspecified atom stereocenters. The Balaban J connectivity index is 1.62. The molecule has 1 aromatic heterocycles. The van der Waals surface area contributed by atoms with Crippen LogP contribution in [-0.4, -0.2) is 40.9 Å². The number of ether oxygens (including phenoxy) is 2. The normalized spacial score (nSPS) is 15.0. The van der Waals surface area contributed by atoms with Crippen LogP contribution in [0.5, 0.6) is 0 Å². The van der Waals surface area contributed by atoms with Crippen LogP contribution < -0.4 is 10.6 Å². The van der Waals surface area contributed by atoms with Gasteiger partial charge in [0.25, 0.3) is 0 Å². The van der Waals surface area contributed by atoms with Crippen LogP contribution in [-0.2, 0) is 25.6 Å². The zero-order valence-corrected chi connectivity index (χ0v) is 22.4. The molecule has 2 N–H and O–H groups in total. The number of allylic oxidation sites excluding steroid dienone is 1. The van der Waals surface area contributed by atoms with Gasteiger partial charge in [0.05, 0.1) is 43.9 Å². The van der Waals surface area contributed by atoms with Crippen molar-refractivity contribution in [3.8, 4) is 17.5 Å². The number of nitrogens with zero attached hydrogens (tertiary/aromatic N) is 5. The molecule has 0 bridgehead atoms. The van der Waals surface area contributed by atoms with Gasteiger partial charge in [-0.3, -0.25) is 4.90 Å². The number of aromatic nitrogens is 3. The SMILES string of the molecule is COC(=O)C1=C(C(=O)OC)N(c2ccc(-c3nncn3Cc3ccccc3)cc2)C(N)=C(C#N)C1c1ccccc1. The standard InChI is InChI=1S/C31H26N6O4/c1-40-30(38)26-25(21-11-7-4-8-12-21)24(17-32)28(33)37(27(26)31(39)41-2)23-15-13-22(14-16-23)29-35-34-19-36(29)18-20-9-5-3-6-10-20/h3-16,19,25H,18,33H2,1-2H3. The maximum absolute atomic E-state index is 13.3. The number of esters is 2. The van der Waals surface area contributed by atoms with Gasteiger partial charge in [-0.05, 0) is 35.4 Å². The maximum atomic E-state index is 13.3. The molecular formula is C31H26N6O4. The second-order valence-electron chi connectivity index (χ2n) is 9.15. The van der Waals surface area contributed by atoms with Crippen molar-refractivity contribution in [3.63, 3.8) is 0 Å². The highest BCUT2D eigenvalue weighted by molar-refractivity contribution is 6.06. The lowest BCUT2D eigenvalue weighted by molar-refractivity contribution is -0.139. The molecular weight excluding hydrogens is 520 g/mol.